The van der Waals surface area contributed by atoms with Crippen LogP contribution in [0.25, 0.3) is 0 Å². The quantitative estimate of drug-likeness (QED) is 0.521. The summed E-state index contributed by atoms with van der Waals surface area (Å²) in [7, 11) is 0. The van der Waals surface area contributed by atoms with Crippen LogP contribution in [0, 0.1) is 5.82 Å². The molecule has 1 aliphatic carbocycles. The molecule has 0 radical (unpaired) electrons. The van der Waals surface area contributed by atoms with Crippen LogP contribution in [-0.2, 0) is 11.2 Å². The highest BCUT2D eigenvalue weighted by molar-refractivity contribution is 5.74. The first-order valence-electron chi connectivity index (χ1n) is 8.79. The van der Waals surface area contributed by atoms with Crippen molar-refractivity contribution in [3.05, 3.63) is 35.6 Å². The van der Waals surface area contributed by atoms with Crippen molar-refractivity contribution in [2.24, 2.45) is 0 Å². The summed E-state index contributed by atoms with van der Waals surface area (Å²) in [4.78, 5) is 24.8. The van der Waals surface area contributed by atoms with Gasteiger partial charge >= 0.3 is 12.0 Å². The molecule has 1 aliphatic rings. The zero-order valence-electron chi connectivity index (χ0n) is 14.8. The lowest BCUT2D eigenvalue weighted by atomic mass is 9.85. The van der Waals surface area contributed by atoms with E-state index in [1.165, 1.54) is 12.1 Å². The standard InChI is InChI=1S/C18H26FN3O4/c1-2-22(10-17(24)25)16-8-14(9-16)20-18(26)21-15(11-23)7-12-3-5-13(19)6-4-12/h3-6,14-16,23H,2,7-11H2,1H3,(H,24,25)(H2,20,21,26). The van der Waals surface area contributed by atoms with Crippen LogP contribution in [-0.4, -0.2) is 64.9 Å². The number of urea groups is 1. The van der Waals surface area contributed by atoms with Crippen LogP contribution < -0.4 is 10.6 Å². The molecular formula is C18H26FN3O4. The Labute approximate surface area is 152 Å². The van der Waals surface area contributed by atoms with Crippen molar-refractivity contribution >= 4 is 12.0 Å². The van der Waals surface area contributed by atoms with E-state index >= 15 is 0 Å². The summed E-state index contributed by atoms with van der Waals surface area (Å²) in [6.45, 7) is 2.35. The normalized spacial score (nSPS) is 20.3. The monoisotopic (exact) mass is 367 g/mol. The SMILES string of the molecule is CCN(CC(=O)O)C1CC(NC(=O)NC(CO)Cc2ccc(F)cc2)C1. The fourth-order valence-corrected chi connectivity index (χ4v) is 3.16. The highest BCUT2D eigenvalue weighted by Crippen LogP contribution is 2.25. The van der Waals surface area contributed by atoms with E-state index in [-0.39, 0.29) is 37.1 Å². The molecule has 26 heavy (non-hydrogen) atoms. The van der Waals surface area contributed by atoms with Gasteiger partial charge in [0.25, 0.3) is 0 Å². The van der Waals surface area contributed by atoms with Crippen LogP contribution in [0.15, 0.2) is 24.3 Å². The van der Waals surface area contributed by atoms with Crippen molar-refractivity contribution in [2.45, 2.75) is 44.3 Å². The third-order valence-electron chi connectivity index (χ3n) is 4.66. The van der Waals surface area contributed by atoms with Gasteiger partial charge in [-0.1, -0.05) is 19.1 Å². The molecule has 2 rings (SSSR count). The number of carboxylic acid groups (broad SMARTS) is 1. The van der Waals surface area contributed by atoms with Crippen LogP contribution in [0.3, 0.4) is 0 Å². The maximum absolute atomic E-state index is 12.9. The van der Waals surface area contributed by atoms with E-state index in [1.807, 2.05) is 11.8 Å². The number of carbonyl (C=O) groups excluding carboxylic acids is 1. The van der Waals surface area contributed by atoms with Gasteiger partial charge in [0.1, 0.15) is 5.82 Å². The summed E-state index contributed by atoms with van der Waals surface area (Å²) in [5.74, 6) is -1.18. The molecule has 1 saturated carbocycles. The van der Waals surface area contributed by atoms with E-state index in [1.54, 1.807) is 12.1 Å². The molecule has 0 aromatic heterocycles. The second-order valence-electron chi connectivity index (χ2n) is 6.61. The number of aliphatic hydroxyl groups excluding tert-OH is 1. The van der Waals surface area contributed by atoms with Gasteiger partial charge in [0.15, 0.2) is 0 Å². The van der Waals surface area contributed by atoms with Gasteiger partial charge in [0.05, 0.1) is 19.2 Å². The molecule has 1 aromatic rings. The van der Waals surface area contributed by atoms with E-state index in [2.05, 4.69) is 10.6 Å². The van der Waals surface area contributed by atoms with E-state index in [0.29, 0.717) is 25.8 Å². The highest BCUT2D eigenvalue weighted by atomic mass is 19.1. The molecule has 0 aliphatic heterocycles. The molecule has 0 heterocycles. The Hall–Kier alpha value is -2.19. The zero-order chi connectivity index (χ0) is 19.1. The predicted molar refractivity (Wildman–Crippen MR) is 94.3 cm³/mol. The second-order valence-corrected chi connectivity index (χ2v) is 6.61. The Morgan fingerprint density at radius 1 is 1.31 bits per heavy atom. The average molecular weight is 367 g/mol. The summed E-state index contributed by atoms with van der Waals surface area (Å²) in [6, 6.07) is 5.25. The largest absolute Gasteiger partial charge is 0.480 e. The van der Waals surface area contributed by atoms with E-state index in [9.17, 15) is 19.1 Å². The molecule has 1 unspecified atom stereocenters. The molecule has 0 spiro atoms. The van der Waals surface area contributed by atoms with Crippen molar-refractivity contribution < 1.29 is 24.2 Å². The smallest absolute Gasteiger partial charge is 0.317 e. The first-order valence-corrected chi connectivity index (χ1v) is 8.79. The Kier molecular flexibility index (Phi) is 7.35. The number of likely N-dealkylation sites (N-methyl/N-ethyl adjacent to an activating group) is 1. The zero-order valence-corrected chi connectivity index (χ0v) is 14.8. The van der Waals surface area contributed by atoms with Crippen molar-refractivity contribution in [3.8, 4) is 0 Å². The number of nitrogens with one attached hydrogen (secondary N) is 2. The van der Waals surface area contributed by atoms with E-state index < -0.39 is 12.0 Å². The van der Waals surface area contributed by atoms with Gasteiger partial charge in [-0.15, -0.1) is 0 Å². The maximum atomic E-state index is 12.9. The van der Waals surface area contributed by atoms with E-state index in [4.69, 9.17) is 5.11 Å². The third-order valence-corrected chi connectivity index (χ3v) is 4.66. The minimum atomic E-state index is -0.854. The molecule has 8 heteroatoms. The molecular weight excluding hydrogens is 341 g/mol. The van der Waals surface area contributed by atoms with Crippen LogP contribution in [0.2, 0.25) is 0 Å². The minimum Gasteiger partial charge on any atom is -0.480 e. The lowest BCUT2D eigenvalue weighted by Crippen LogP contribution is -2.57. The van der Waals surface area contributed by atoms with Crippen molar-refractivity contribution in [3.63, 3.8) is 0 Å². The summed E-state index contributed by atoms with van der Waals surface area (Å²) in [5, 5.41) is 23.9. The van der Waals surface area contributed by atoms with Gasteiger partial charge in [-0.25, -0.2) is 9.18 Å². The van der Waals surface area contributed by atoms with Gasteiger partial charge in [-0.2, -0.15) is 0 Å². The molecule has 1 fully saturated rings. The fraction of sp³-hybridized carbons (Fsp3) is 0.556. The van der Waals surface area contributed by atoms with Crippen LogP contribution >= 0.6 is 0 Å². The second kappa shape index (κ2) is 9.49. The number of amides is 2. The van der Waals surface area contributed by atoms with Crippen LogP contribution in [0.5, 0.6) is 0 Å². The number of nitrogens with zero attached hydrogens (tertiary/aromatic N) is 1. The molecule has 7 nitrogen and oxygen atoms in total. The highest BCUT2D eigenvalue weighted by Gasteiger charge is 2.34. The number of hydrogen-bond acceptors (Lipinski definition) is 4. The minimum absolute atomic E-state index is 0.00431. The Balaban J connectivity index is 1.74. The molecule has 0 bridgehead atoms. The molecule has 1 aromatic carbocycles. The fourth-order valence-electron chi connectivity index (χ4n) is 3.16. The van der Waals surface area contributed by atoms with E-state index in [0.717, 1.165) is 5.56 Å². The van der Waals surface area contributed by atoms with Crippen LogP contribution in [0.4, 0.5) is 9.18 Å². The van der Waals surface area contributed by atoms with Crippen LogP contribution in [0.1, 0.15) is 25.3 Å². The number of aliphatic hydroxyl groups is 1. The van der Waals surface area contributed by atoms with Crippen molar-refractivity contribution in [1.82, 2.24) is 15.5 Å². The number of benzene rings is 1. The Morgan fingerprint density at radius 3 is 2.50 bits per heavy atom. The molecule has 2 amide bonds. The number of rotatable bonds is 9. The summed E-state index contributed by atoms with van der Waals surface area (Å²) >= 11 is 0. The first kappa shape index (κ1) is 20.1. The van der Waals surface area contributed by atoms with Gasteiger partial charge in [0, 0.05) is 12.1 Å². The number of halogens is 1. The number of carbonyl (C=O) groups is 2. The Morgan fingerprint density at radius 2 is 1.96 bits per heavy atom. The lowest BCUT2D eigenvalue weighted by molar-refractivity contribution is -0.139. The summed E-state index contributed by atoms with van der Waals surface area (Å²) in [5.41, 5.74) is 0.821. The topological polar surface area (TPSA) is 102 Å². The molecule has 144 valence electrons. The number of aliphatic carboxylic acids is 1. The predicted octanol–water partition coefficient (Wildman–Crippen LogP) is 0.966. The van der Waals surface area contributed by atoms with Gasteiger partial charge in [-0.05, 0) is 43.5 Å². The van der Waals surface area contributed by atoms with Gasteiger partial charge < -0.3 is 20.8 Å². The molecule has 4 N–H and O–H groups in total. The number of carboxylic acids is 1. The lowest BCUT2D eigenvalue weighted by Gasteiger charge is -2.42. The van der Waals surface area contributed by atoms with Crippen molar-refractivity contribution in [2.75, 3.05) is 19.7 Å². The molecule has 1 atom stereocenters. The van der Waals surface area contributed by atoms with Gasteiger partial charge in [0.2, 0.25) is 0 Å². The molecule has 0 saturated heterocycles. The summed E-state index contributed by atoms with van der Waals surface area (Å²) in [6.07, 6.45) is 1.81. The third kappa shape index (κ3) is 5.96. The first-order chi connectivity index (χ1) is 12.4. The van der Waals surface area contributed by atoms with Gasteiger partial charge in [-0.3, -0.25) is 9.69 Å². The Bertz CT molecular complexity index is 605. The summed E-state index contributed by atoms with van der Waals surface area (Å²) < 4.78 is 12.9. The maximum Gasteiger partial charge on any atom is 0.317 e. The number of hydrogen-bond donors (Lipinski definition) is 4. The van der Waals surface area contributed by atoms with Crippen molar-refractivity contribution in [1.29, 1.82) is 0 Å². The average Bonchev–Trinajstić information content (AvgIpc) is 2.57.